The Labute approximate surface area is 125 Å². The van der Waals surface area contributed by atoms with Crippen LogP contribution in [0, 0.1) is 0 Å². The summed E-state index contributed by atoms with van der Waals surface area (Å²) in [5, 5.41) is 0.704. The monoisotopic (exact) mass is 287 g/mol. The van der Waals surface area contributed by atoms with Gasteiger partial charge in [0.25, 0.3) is 0 Å². The van der Waals surface area contributed by atoms with Gasteiger partial charge >= 0.3 is 0 Å². The zero-order valence-electron chi connectivity index (χ0n) is 11.6. The number of hydrogen-bond acceptors (Lipinski definition) is 1. The van der Waals surface area contributed by atoms with E-state index in [9.17, 15) is 4.79 Å². The lowest BCUT2D eigenvalue weighted by Gasteiger charge is -2.18. The molecule has 0 N–H and O–H groups in total. The SMILES string of the molecule is CN(Cc1ccccc1Cl)C(=O)CCc1ccccc1. The fourth-order valence-corrected chi connectivity index (χ4v) is 2.25. The molecule has 0 atom stereocenters. The summed E-state index contributed by atoms with van der Waals surface area (Å²) in [5.41, 5.74) is 2.16. The second-order valence-corrected chi connectivity index (χ2v) is 5.23. The van der Waals surface area contributed by atoms with Gasteiger partial charge in [-0.05, 0) is 23.6 Å². The highest BCUT2D eigenvalue weighted by Crippen LogP contribution is 2.17. The lowest BCUT2D eigenvalue weighted by Crippen LogP contribution is -2.26. The minimum atomic E-state index is 0.133. The molecule has 2 rings (SSSR count). The number of carbonyl (C=O) groups is 1. The van der Waals surface area contributed by atoms with E-state index < -0.39 is 0 Å². The second-order valence-electron chi connectivity index (χ2n) is 4.83. The van der Waals surface area contributed by atoms with Crippen LogP contribution in [-0.4, -0.2) is 17.9 Å². The summed E-state index contributed by atoms with van der Waals surface area (Å²) in [7, 11) is 1.82. The molecule has 2 aromatic carbocycles. The molecule has 1 amide bonds. The molecule has 0 heterocycles. The standard InChI is InChI=1S/C17H18ClNO/c1-19(13-15-9-5-6-10-16(15)18)17(20)12-11-14-7-3-2-4-8-14/h2-10H,11-13H2,1H3. The van der Waals surface area contributed by atoms with Gasteiger partial charge in [0, 0.05) is 25.0 Å². The fourth-order valence-electron chi connectivity index (χ4n) is 2.06. The first-order valence-electron chi connectivity index (χ1n) is 6.68. The highest BCUT2D eigenvalue weighted by Gasteiger charge is 2.10. The van der Waals surface area contributed by atoms with Gasteiger partial charge in [-0.2, -0.15) is 0 Å². The first-order valence-corrected chi connectivity index (χ1v) is 7.06. The molecule has 0 aliphatic heterocycles. The summed E-state index contributed by atoms with van der Waals surface area (Å²) >= 11 is 6.11. The Morgan fingerprint density at radius 3 is 2.40 bits per heavy atom. The van der Waals surface area contributed by atoms with Crippen molar-refractivity contribution < 1.29 is 4.79 Å². The molecule has 3 heteroatoms. The predicted octanol–water partition coefficient (Wildman–Crippen LogP) is 3.93. The zero-order chi connectivity index (χ0) is 14.4. The van der Waals surface area contributed by atoms with E-state index in [1.165, 1.54) is 5.56 Å². The lowest BCUT2D eigenvalue weighted by atomic mass is 10.1. The summed E-state index contributed by atoms with van der Waals surface area (Å²) in [4.78, 5) is 13.8. The van der Waals surface area contributed by atoms with Crippen molar-refractivity contribution >= 4 is 17.5 Å². The molecule has 0 radical (unpaired) electrons. The normalized spacial score (nSPS) is 10.3. The van der Waals surface area contributed by atoms with E-state index in [2.05, 4.69) is 0 Å². The Balaban J connectivity index is 1.88. The van der Waals surface area contributed by atoms with E-state index in [0.29, 0.717) is 18.0 Å². The minimum absolute atomic E-state index is 0.133. The molecule has 0 saturated carbocycles. The third-order valence-corrected chi connectivity index (χ3v) is 3.63. The summed E-state index contributed by atoms with van der Waals surface area (Å²) in [6, 6.07) is 17.7. The van der Waals surface area contributed by atoms with Crippen LogP contribution in [0.4, 0.5) is 0 Å². The van der Waals surface area contributed by atoms with Crippen LogP contribution in [0.15, 0.2) is 54.6 Å². The van der Waals surface area contributed by atoms with Crippen molar-refractivity contribution in [1.82, 2.24) is 4.90 Å². The number of benzene rings is 2. The van der Waals surface area contributed by atoms with E-state index in [0.717, 1.165) is 12.0 Å². The van der Waals surface area contributed by atoms with E-state index in [4.69, 9.17) is 11.6 Å². The summed E-state index contributed by atoms with van der Waals surface area (Å²) in [6.45, 7) is 0.549. The van der Waals surface area contributed by atoms with Crippen LogP contribution in [-0.2, 0) is 17.8 Å². The number of halogens is 1. The van der Waals surface area contributed by atoms with E-state index in [1.807, 2.05) is 61.6 Å². The predicted molar refractivity (Wildman–Crippen MR) is 82.7 cm³/mol. The van der Waals surface area contributed by atoms with Crippen LogP contribution in [0.1, 0.15) is 17.5 Å². The van der Waals surface area contributed by atoms with E-state index >= 15 is 0 Å². The quantitative estimate of drug-likeness (QED) is 0.816. The molecule has 2 aromatic rings. The summed E-state index contributed by atoms with van der Waals surface area (Å²) in [6.07, 6.45) is 1.29. The lowest BCUT2D eigenvalue weighted by molar-refractivity contribution is -0.130. The van der Waals surface area contributed by atoms with Crippen LogP contribution in [0.3, 0.4) is 0 Å². The molecule has 0 aliphatic rings. The summed E-state index contributed by atoms with van der Waals surface area (Å²) in [5.74, 6) is 0.133. The smallest absolute Gasteiger partial charge is 0.222 e. The van der Waals surface area contributed by atoms with Gasteiger partial charge in [-0.3, -0.25) is 4.79 Å². The number of nitrogens with zero attached hydrogens (tertiary/aromatic N) is 1. The number of aryl methyl sites for hydroxylation is 1. The van der Waals surface area contributed by atoms with Crippen molar-refractivity contribution in [2.24, 2.45) is 0 Å². The Bertz CT molecular complexity index is 568. The molecule has 0 fully saturated rings. The first-order chi connectivity index (χ1) is 9.66. The second kappa shape index (κ2) is 7.11. The molecule has 20 heavy (non-hydrogen) atoms. The van der Waals surface area contributed by atoms with Crippen molar-refractivity contribution in [2.75, 3.05) is 7.05 Å². The van der Waals surface area contributed by atoms with Gasteiger partial charge in [-0.1, -0.05) is 60.1 Å². The van der Waals surface area contributed by atoms with Gasteiger partial charge in [-0.25, -0.2) is 0 Å². The molecular weight excluding hydrogens is 270 g/mol. The number of hydrogen-bond donors (Lipinski definition) is 0. The van der Waals surface area contributed by atoms with Crippen molar-refractivity contribution in [1.29, 1.82) is 0 Å². The Morgan fingerprint density at radius 2 is 1.70 bits per heavy atom. The molecule has 0 unspecified atom stereocenters. The summed E-state index contributed by atoms with van der Waals surface area (Å²) < 4.78 is 0. The number of rotatable bonds is 5. The number of carbonyl (C=O) groups excluding carboxylic acids is 1. The van der Waals surface area contributed by atoms with Crippen molar-refractivity contribution in [2.45, 2.75) is 19.4 Å². The Hall–Kier alpha value is -1.80. The molecule has 0 aromatic heterocycles. The average molecular weight is 288 g/mol. The Morgan fingerprint density at radius 1 is 1.05 bits per heavy atom. The largest absolute Gasteiger partial charge is 0.341 e. The van der Waals surface area contributed by atoms with Gasteiger partial charge in [0.2, 0.25) is 5.91 Å². The first kappa shape index (κ1) is 14.6. The Kier molecular flexibility index (Phi) is 5.19. The third kappa shape index (κ3) is 4.10. The average Bonchev–Trinajstić information content (AvgIpc) is 2.48. The van der Waals surface area contributed by atoms with Crippen LogP contribution < -0.4 is 0 Å². The van der Waals surface area contributed by atoms with Crippen LogP contribution in [0.2, 0.25) is 5.02 Å². The molecule has 0 bridgehead atoms. The number of amides is 1. The molecule has 0 spiro atoms. The van der Waals surface area contributed by atoms with Crippen molar-refractivity contribution in [3.8, 4) is 0 Å². The highest BCUT2D eigenvalue weighted by atomic mass is 35.5. The highest BCUT2D eigenvalue weighted by molar-refractivity contribution is 6.31. The van der Waals surface area contributed by atoms with Crippen LogP contribution >= 0.6 is 11.6 Å². The van der Waals surface area contributed by atoms with Gasteiger partial charge in [0.15, 0.2) is 0 Å². The maximum Gasteiger partial charge on any atom is 0.222 e. The fraction of sp³-hybridized carbons (Fsp3) is 0.235. The maximum absolute atomic E-state index is 12.1. The molecule has 104 valence electrons. The van der Waals surface area contributed by atoms with Crippen molar-refractivity contribution in [3.63, 3.8) is 0 Å². The maximum atomic E-state index is 12.1. The molecule has 0 aliphatic carbocycles. The van der Waals surface area contributed by atoms with Crippen LogP contribution in [0.25, 0.3) is 0 Å². The van der Waals surface area contributed by atoms with Gasteiger partial charge in [0.05, 0.1) is 0 Å². The third-order valence-electron chi connectivity index (χ3n) is 3.26. The molecule has 2 nitrogen and oxygen atoms in total. The van der Waals surface area contributed by atoms with Crippen molar-refractivity contribution in [3.05, 3.63) is 70.7 Å². The van der Waals surface area contributed by atoms with Crippen LogP contribution in [0.5, 0.6) is 0 Å². The molecule has 0 saturated heterocycles. The van der Waals surface area contributed by atoms with E-state index in [-0.39, 0.29) is 5.91 Å². The zero-order valence-corrected chi connectivity index (χ0v) is 12.3. The van der Waals surface area contributed by atoms with Gasteiger partial charge in [0.1, 0.15) is 0 Å². The topological polar surface area (TPSA) is 20.3 Å². The minimum Gasteiger partial charge on any atom is -0.341 e. The van der Waals surface area contributed by atoms with Gasteiger partial charge < -0.3 is 4.90 Å². The van der Waals surface area contributed by atoms with Gasteiger partial charge in [-0.15, -0.1) is 0 Å². The van der Waals surface area contributed by atoms with E-state index in [1.54, 1.807) is 4.90 Å². The molecular formula is C17H18ClNO.